The van der Waals surface area contributed by atoms with Crippen LogP contribution in [0.15, 0.2) is 42.6 Å². The van der Waals surface area contributed by atoms with E-state index in [1.54, 1.807) is 0 Å². The van der Waals surface area contributed by atoms with E-state index in [1.165, 1.54) is 18.3 Å². The standard InChI is InChI=1S/C18H17F3N2O3/c19-18(20,21)11-26-16-6-5-14(9-22-16)17(24)23-8-12-7-13-3-1-2-4-15(13)25-10-12/h1-6,9,12H,7-8,10-11H2,(H,23,24). The van der Waals surface area contributed by atoms with Gasteiger partial charge in [-0.15, -0.1) is 0 Å². The van der Waals surface area contributed by atoms with E-state index in [-0.39, 0.29) is 23.3 Å². The van der Waals surface area contributed by atoms with Gasteiger partial charge in [0.2, 0.25) is 5.88 Å². The highest BCUT2D eigenvalue weighted by molar-refractivity contribution is 5.93. The van der Waals surface area contributed by atoms with Crippen molar-refractivity contribution in [2.45, 2.75) is 12.6 Å². The number of hydrogen-bond acceptors (Lipinski definition) is 4. The number of aromatic nitrogens is 1. The van der Waals surface area contributed by atoms with Gasteiger partial charge >= 0.3 is 6.18 Å². The molecule has 1 aliphatic heterocycles. The summed E-state index contributed by atoms with van der Waals surface area (Å²) in [7, 11) is 0. The molecule has 0 aliphatic carbocycles. The van der Waals surface area contributed by atoms with Crippen molar-refractivity contribution >= 4 is 5.91 Å². The number of carbonyl (C=O) groups excluding carboxylic acids is 1. The zero-order valence-corrected chi connectivity index (χ0v) is 13.8. The Hall–Kier alpha value is -2.77. The molecule has 2 aromatic rings. The average Bonchev–Trinajstić information content (AvgIpc) is 2.64. The Morgan fingerprint density at radius 3 is 2.81 bits per heavy atom. The SMILES string of the molecule is O=C(NCC1COc2ccccc2C1)c1ccc(OCC(F)(F)F)nc1. The highest BCUT2D eigenvalue weighted by Gasteiger charge is 2.28. The summed E-state index contributed by atoms with van der Waals surface area (Å²) in [5.41, 5.74) is 1.35. The van der Waals surface area contributed by atoms with Gasteiger partial charge in [-0.05, 0) is 24.1 Å². The number of alkyl halides is 3. The average molecular weight is 366 g/mol. The second-order valence-corrected chi connectivity index (χ2v) is 5.99. The Bertz CT molecular complexity index is 763. The first-order chi connectivity index (χ1) is 12.4. The number of ether oxygens (including phenoxy) is 2. The molecule has 5 nitrogen and oxygen atoms in total. The van der Waals surface area contributed by atoms with Gasteiger partial charge in [0.1, 0.15) is 5.75 Å². The number of benzene rings is 1. The molecule has 2 heterocycles. The van der Waals surface area contributed by atoms with Gasteiger partial charge in [0, 0.05) is 24.7 Å². The van der Waals surface area contributed by atoms with E-state index in [9.17, 15) is 18.0 Å². The molecular weight excluding hydrogens is 349 g/mol. The highest BCUT2D eigenvalue weighted by atomic mass is 19.4. The maximum absolute atomic E-state index is 12.1. The monoisotopic (exact) mass is 366 g/mol. The quantitative estimate of drug-likeness (QED) is 0.884. The number of nitrogens with zero attached hydrogens (tertiary/aromatic N) is 1. The fourth-order valence-corrected chi connectivity index (χ4v) is 2.62. The molecule has 138 valence electrons. The van der Waals surface area contributed by atoms with Crippen molar-refractivity contribution in [1.29, 1.82) is 0 Å². The summed E-state index contributed by atoms with van der Waals surface area (Å²) in [4.78, 5) is 15.9. The van der Waals surface area contributed by atoms with Crippen LogP contribution >= 0.6 is 0 Å². The molecule has 1 aromatic heterocycles. The lowest BCUT2D eigenvalue weighted by molar-refractivity contribution is -0.154. The summed E-state index contributed by atoms with van der Waals surface area (Å²) in [6, 6.07) is 10.4. The Labute approximate surface area is 148 Å². The number of para-hydroxylation sites is 1. The van der Waals surface area contributed by atoms with Crippen molar-refractivity contribution in [3.05, 3.63) is 53.7 Å². The summed E-state index contributed by atoms with van der Waals surface area (Å²) in [6.07, 6.45) is -2.44. The van der Waals surface area contributed by atoms with E-state index < -0.39 is 12.8 Å². The molecule has 1 atom stereocenters. The normalized spacial score (nSPS) is 16.3. The van der Waals surface area contributed by atoms with E-state index >= 15 is 0 Å². The van der Waals surface area contributed by atoms with Gasteiger partial charge in [0.25, 0.3) is 5.91 Å². The van der Waals surface area contributed by atoms with Crippen molar-refractivity contribution in [2.24, 2.45) is 5.92 Å². The summed E-state index contributed by atoms with van der Waals surface area (Å²) in [5, 5.41) is 2.80. The number of rotatable bonds is 5. The Kier molecular flexibility index (Phi) is 5.29. The van der Waals surface area contributed by atoms with Gasteiger partial charge in [-0.3, -0.25) is 4.79 Å². The lowest BCUT2D eigenvalue weighted by Crippen LogP contribution is -2.34. The first-order valence-electron chi connectivity index (χ1n) is 8.05. The van der Waals surface area contributed by atoms with Gasteiger partial charge in [0.15, 0.2) is 6.61 Å². The molecule has 0 saturated carbocycles. The minimum Gasteiger partial charge on any atom is -0.493 e. The van der Waals surface area contributed by atoms with Crippen LogP contribution < -0.4 is 14.8 Å². The maximum atomic E-state index is 12.1. The second kappa shape index (κ2) is 7.63. The van der Waals surface area contributed by atoms with Crippen molar-refractivity contribution in [3.63, 3.8) is 0 Å². The van der Waals surface area contributed by atoms with Crippen LogP contribution in [-0.2, 0) is 6.42 Å². The van der Waals surface area contributed by atoms with Crippen LogP contribution in [0, 0.1) is 5.92 Å². The molecule has 1 unspecified atom stereocenters. The Balaban J connectivity index is 1.49. The van der Waals surface area contributed by atoms with E-state index in [4.69, 9.17) is 4.74 Å². The third-order valence-electron chi connectivity index (χ3n) is 3.89. The molecule has 8 heteroatoms. The molecule has 1 amide bonds. The minimum absolute atomic E-state index is 0.149. The van der Waals surface area contributed by atoms with Gasteiger partial charge in [-0.25, -0.2) is 4.98 Å². The molecule has 0 saturated heterocycles. The van der Waals surface area contributed by atoms with Crippen LogP contribution in [0.3, 0.4) is 0 Å². The first kappa shape index (κ1) is 18.0. The highest BCUT2D eigenvalue weighted by Crippen LogP contribution is 2.26. The maximum Gasteiger partial charge on any atom is 0.422 e. The van der Waals surface area contributed by atoms with Crippen molar-refractivity contribution in [3.8, 4) is 11.6 Å². The molecule has 0 fully saturated rings. The largest absolute Gasteiger partial charge is 0.493 e. The van der Waals surface area contributed by atoms with Crippen LogP contribution in [0.5, 0.6) is 11.6 Å². The van der Waals surface area contributed by atoms with E-state index in [0.717, 1.165) is 17.7 Å². The van der Waals surface area contributed by atoms with Gasteiger partial charge in [-0.2, -0.15) is 13.2 Å². The number of hydrogen-bond donors (Lipinski definition) is 1. The van der Waals surface area contributed by atoms with Crippen LogP contribution in [-0.4, -0.2) is 36.8 Å². The van der Waals surface area contributed by atoms with Crippen LogP contribution in [0.4, 0.5) is 13.2 Å². The van der Waals surface area contributed by atoms with Gasteiger partial charge in [-0.1, -0.05) is 18.2 Å². The lowest BCUT2D eigenvalue weighted by Gasteiger charge is -2.25. The number of nitrogens with one attached hydrogen (secondary N) is 1. The van der Waals surface area contributed by atoms with Gasteiger partial charge < -0.3 is 14.8 Å². The fourth-order valence-electron chi connectivity index (χ4n) is 2.62. The van der Waals surface area contributed by atoms with Crippen LogP contribution in [0.25, 0.3) is 0 Å². The van der Waals surface area contributed by atoms with E-state index in [2.05, 4.69) is 15.0 Å². The topological polar surface area (TPSA) is 60.5 Å². The van der Waals surface area contributed by atoms with Crippen molar-refractivity contribution in [2.75, 3.05) is 19.8 Å². The predicted octanol–water partition coefficient (Wildman–Crippen LogP) is 3.00. The molecule has 0 radical (unpaired) electrons. The smallest absolute Gasteiger partial charge is 0.422 e. The fraction of sp³-hybridized carbons (Fsp3) is 0.333. The molecule has 0 bridgehead atoms. The Morgan fingerprint density at radius 2 is 2.08 bits per heavy atom. The van der Waals surface area contributed by atoms with Gasteiger partial charge in [0.05, 0.1) is 12.2 Å². The van der Waals surface area contributed by atoms with Crippen molar-refractivity contribution in [1.82, 2.24) is 10.3 Å². The molecule has 1 aromatic carbocycles. The van der Waals surface area contributed by atoms with Crippen LogP contribution in [0.2, 0.25) is 0 Å². The Morgan fingerprint density at radius 1 is 1.27 bits per heavy atom. The molecule has 1 N–H and O–H groups in total. The molecule has 26 heavy (non-hydrogen) atoms. The minimum atomic E-state index is -4.43. The summed E-state index contributed by atoms with van der Waals surface area (Å²) in [5.74, 6) is 0.486. The van der Waals surface area contributed by atoms with E-state index in [1.807, 2.05) is 24.3 Å². The first-order valence-corrected chi connectivity index (χ1v) is 8.05. The molecule has 3 rings (SSSR count). The van der Waals surface area contributed by atoms with E-state index in [0.29, 0.717) is 13.2 Å². The summed E-state index contributed by atoms with van der Waals surface area (Å²) in [6.45, 7) is -0.478. The molecular formula is C18H17F3N2O3. The predicted molar refractivity (Wildman–Crippen MR) is 87.3 cm³/mol. The number of halogens is 3. The zero-order valence-electron chi connectivity index (χ0n) is 13.8. The number of pyridine rings is 1. The number of carbonyl (C=O) groups is 1. The summed E-state index contributed by atoms with van der Waals surface area (Å²) >= 11 is 0. The summed E-state index contributed by atoms with van der Waals surface area (Å²) < 4.78 is 46.5. The lowest BCUT2D eigenvalue weighted by atomic mass is 9.97. The molecule has 0 spiro atoms. The van der Waals surface area contributed by atoms with Crippen LogP contribution in [0.1, 0.15) is 15.9 Å². The number of amides is 1. The third kappa shape index (κ3) is 4.87. The third-order valence-corrected chi connectivity index (χ3v) is 3.89. The molecule has 1 aliphatic rings. The second-order valence-electron chi connectivity index (χ2n) is 5.99. The zero-order chi connectivity index (χ0) is 18.6. The van der Waals surface area contributed by atoms with Crippen molar-refractivity contribution < 1.29 is 27.4 Å². The number of fused-ring (bicyclic) bond motifs is 1.